The molecule has 7 heteroatoms. The number of piperidine rings is 1. The summed E-state index contributed by atoms with van der Waals surface area (Å²) in [4.78, 5) is 4.42. The number of rotatable bonds is 11. The van der Waals surface area contributed by atoms with Crippen LogP contribution in [0.1, 0.15) is 49.7 Å². The third-order valence-electron chi connectivity index (χ3n) is 6.80. The summed E-state index contributed by atoms with van der Waals surface area (Å²) in [6, 6.07) is 6.24. The second kappa shape index (κ2) is 12.1. The van der Waals surface area contributed by atoms with Crippen LogP contribution >= 0.6 is 0 Å². The second-order valence-corrected chi connectivity index (χ2v) is 9.27. The summed E-state index contributed by atoms with van der Waals surface area (Å²) in [6.07, 6.45) is 3.58. The Kier molecular flexibility index (Phi) is 9.56. The highest BCUT2D eigenvalue weighted by Crippen LogP contribution is 2.21. The number of benzene rings is 1. The minimum Gasteiger partial charge on any atom is -0.395 e. The number of anilines is 1. The average molecular weight is 436 g/mol. The predicted molar refractivity (Wildman–Crippen MR) is 123 cm³/mol. The number of aliphatic hydroxyl groups is 4. The van der Waals surface area contributed by atoms with Crippen molar-refractivity contribution in [3.8, 4) is 0 Å². The van der Waals surface area contributed by atoms with Crippen LogP contribution in [-0.4, -0.2) is 93.9 Å². The highest BCUT2D eigenvalue weighted by Gasteiger charge is 2.40. The highest BCUT2D eigenvalue weighted by atomic mass is 16.4. The number of aliphatic hydroxyl groups excluding tert-OH is 4. The number of nitrogens with one attached hydrogen (secondary N) is 1. The minimum absolute atomic E-state index is 0.217. The maximum atomic E-state index is 10.0. The van der Waals surface area contributed by atoms with Crippen molar-refractivity contribution in [1.82, 2.24) is 9.80 Å². The fourth-order valence-electron chi connectivity index (χ4n) is 4.87. The molecule has 4 atom stereocenters. The second-order valence-electron chi connectivity index (χ2n) is 9.27. The summed E-state index contributed by atoms with van der Waals surface area (Å²) in [5.74, 6) is 0. The summed E-state index contributed by atoms with van der Waals surface area (Å²) in [5, 5.41) is 42.8. The zero-order valence-electron chi connectivity index (χ0n) is 18.9. The van der Waals surface area contributed by atoms with Gasteiger partial charge in [0.1, 0.15) is 12.2 Å². The van der Waals surface area contributed by atoms with Crippen LogP contribution in [0.15, 0.2) is 18.2 Å². The standard InChI is InChI=1S/C24H41N3O4/c1-18-14-19(15-26-11-6-7-12-26)8-9-20(18)25-10-4-2-3-5-13-27-16-22(29)24(31)23(30)21(27)17-28/h8-9,14,21-25,28-31H,2-7,10-13,15-17H2,1H3/t21-,22+,23-,24-/m1/s1. The van der Waals surface area contributed by atoms with Crippen molar-refractivity contribution < 1.29 is 20.4 Å². The number of nitrogens with zero attached hydrogens (tertiary/aromatic N) is 2. The smallest absolute Gasteiger partial charge is 0.109 e. The molecule has 1 aromatic rings. The first-order valence-corrected chi connectivity index (χ1v) is 11.9. The molecule has 176 valence electrons. The van der Waals surface area contributed by atoms with E-state index in [2.05, 4.69) is 35.3 Å². The van der Waals surface area contributed by atoms with Gasteiger partial charge in [-0.1, -0.05) is 25.0 Å². The predicted octanol–water partition coefficient (Wildman–Crippen LogP) is 1.32. The van der Waals surface area contributed by atoms with E-state index in [0.717, 1.165) is 38.8 Å². The average Bonchev–Trinajstić information content (AvgIpc) is 3.26. The number of unbranched alkanes of at least 4 members (excludes halogenated alkanes) is 3. The molecule has 0 amide bonds. The summed E-state index contributed by atoms with van der Waals surface area (Å²) in [6.45, 7) is 7.40. The van der Waals surface area contributed by atoms with Crippen molar-refractivity contribution in [2.45, 2.75) is 76.3 Å². The van der Waals surface area contributed by atoms with Crippen molar-refractivity contribution >= 4 is 5.69 Å². The van der Waals surface area contributed by atoms with Crippen molar-refractivity contribution in [2.75, 3.05) is 44.6 Å². The Morgan fingerprint density at radius 1 is 1.00 bits per heavy atom. The molecule has 2 aliphatic rings. The quantitative estimate of drug-likeness (QED) is 0.334. The summed E-state index contributed by atoms with van der Waals surface area (Å²) in [5.41, 5.74) is 3.91. The molecule has 0 saturated carbocycles. The Bertz CT molecular complexity index is 668. The van der Waals surface area contributed by atoms with Crippen LogP contribution in [0.4, 0.5) is 5.69 Å². The molecule has 0 unspecified atom stereocenters. The number of β-amino-alcohol motifs (C(OH)–C–C–N with tert-alkyl or cyclic N) is 1. The largest absolute Gasteiger partial charge is 0.395 e. The fraction of sp³-hybridized carbons (Fsp3) is 0.750. The molecule has 0 aliphatic carbocycles. The zero-order chi connectivity index (χ0) is 22.2. The van der Waals surface area contributed by atoms with Crippen molar-refractivity contribution in [1.29, 1.82) is 0 Å². The van der Waals surface area contributed by atoms with Gasteiger partial charge in [-0.25, -0.2) is 0 Å². The molecule has 0 spiro atoms. The molecule has 0 bridgehead atoms. The van der Waals surface area contributed by atoms with Crippen molar-refractivity contribution in [3.63, 3.8) is 0 Å². The first-order chi connectivity index (χ1) is 15.0. The van der Waals surface area contributed by atoms with Crippen molar-refractivity contribution in [2.24, 2.45) is 0 Å². The monoisotopic (exact) mass is 435 g/mol. The van der Waals surface area contributed by atoms with Gasteiger partial charge in [-0.3, -0.25) is 9.80 Å². The third-order valence-corrected chi connectivity index (χ3v) is 6.80. The van der Waals surface area contributed by atoms with E-state index in [4.69, 9.17) is 0 Å². The van der Waals surface area contributed by atoms with Gasteiger partial charge >= 0.3 is 0 Å². The van der Waals surface area contributed by atoms with E-state index < -0.39 is 24.4 Å². The van der Waals surface area contributed by atoms with Crippen LogP contribution in [0.3, 0.4) is 0 Å². The van der Waals surface area contributed by atoms with Gasteiger partial charge in [0.25, 0.3) is 0 Å². The van der Waals surface area contributed by atoms with Gasteiger partial charge in [-0.15, -0.1) is 0 Å². The van der Waals surface area contributed by atoms with Crippen LogP contribution in [0.2, 0.25) is 0 Å². The topological polar surface area (TPSA) is 99.4 Å². The molecule has 7 nitrogen and oxygen atoms in total. The lowest BCUT2D eigenvalue weighted by molar-refractivity contribution is -0.145. The minimum atomic E-state index is -1.18. The molecule has 1 aromatic carbocycles. The van der Waals surface area contributed by atoms with E-state index >= 15 is 0 Å². The van der Waals surface area contributed by atoms with E-state index in [9.17, 15) is 20.4 Å². The SMILES string of the molecule is Cc1cc(CN2CCCC2)ccc1NCCCCCCN1C[C@H](O)[C@@H](O)[C@H](O)[C@H]1CO. The number of hydrogen-bond donors (Lipinski definition) is 5. The van der Waals surface area contributed by atoms with Crippen molar-refractivity contribution in [3.05, 3.63) is 29.3 Å². The van der Waals surface area contributed by atoms with Crippen LogP contribution < -0.4 is 5.32 Å². The normalized spacial score (nSPS) is 27.6. The van der Waals surface area contributed by atoms with E-state index in [1.165, 1.54) is 42.7 Å². The summed E-state index contributed by atoms with van der Waals surface area (Å²) < 4.78 is 0. The first kappa shape index (κ1) is 24.4. The van der Waals surface area contributed by atoms with Gasteiger partial charge in [-0.2, -0.15) is 0 Å². The number of hydrogen-bond acceptors (Lipinski definition) is 7. The van der Waals surface area contributed by atoms with E-state index in [1.54, 1.807) is 0 Å². The lowest BCUT2D eigenvalue weighted by Gasteiger charge is -2.43. The van der Waals surface area contributed by atoms with Gasteiger partial charge in [0, 0.05) is 25.3 Å². The Balaban J connectivity index is 1.30. The maximum absolute atomic E-state index is 10.0. The van der Waals surface area contributed by atoms with Gasteiger partial charge in [0.05, 0.1) is 18.8 Å². The maximum Gasteiger partial charge on any atom is 0.109 e. The lowest BCUT2D eigenvalue weighted by Crippen LogP contribution is -2.62. The Morgan fingerprint density at radius 3 is 2.45 bits per heavy atom. The summed E-state index contributed by atoms with van der Waals surface area (Å²) in [7, 11) is 0. The first-order valence-electron chi connectivity index (χ1n) is 11.9. The number of likely N-dealkylation sites (tertiary alicyclic amines) is 2. The molecule has 2 fully saturated rings. The molecule has 2 aliphatic heterocycles. The Labute approximate surface area is 186 Å². The van der Waals surface area contributed by atoms with Crippen LogP contribution in [0.25, 0.3) is 0 Å². The molecule has 5 N–H and O–H groups in total. The lowest BCUT2D eigenvalue weighted by atomic mass is 9.94. The Morgan fingerprint density at radius 2 is 1.74 bits per heavy atom. The van der Waals surface area contributed by atoms with E-state index in [-0.39, 0.29) is 13.2 Å². The van der Waals surface area contributed by atoms with Gasteiger partial charge in [-0.05, 0) is 69.4 Å². The van der Waals surface area contributed by atoms with Crippen LogP contribution in [-0.2, 0) is 6.54 Å². The molecule has 2 saturated heterocycles. The molecular formula is C24H41N3O4. The Hall–Kier alpha value is -1.22. The molecular weight excluding hydrogens is 394 g/mol. The van der Waals surface area contributed by atoms with E-state index in [1.807, 2.05) is 4.90 Å². The van der Waals surface area contributed by atoms with Crippen LogP contribution in [0.5, 0.6) is 0 Å². The molecule has 31 heavy (non-hydrogen) atoms. The van der Waals surface area contributed by atoms with Gasteiger partial charge < -0.3 is 25.7 Å². The molecule has 3 rings (SSSR count). The fourth-order valence-corrected chi connectivity index (χ4v) is 4.87. The molecule has 2 heterocycles. The number of aryl methyl sites for hydroxylation is 1. The van der Waals surface area contributed by atoms with Gasteiger partial charge in [0.2, 0.25) is 0 Å². The van der Waals surface area contributed by atoms with Gasteiger partial charge in [0.15, 0.2) is 0 Å². The van der Waals surface area contributed by atoms with Crippen LogP contribution in [0, 0.1) is 6.92 Å². The van der Waals surface area contributed by atoms with E-state index in [0.29, 0.717) is 6.54 Å². The molecule has 0 radical (unpaired) electrons. The zero-order valence-corrected chi connectivity index (χ0v) is 18.9. The third kappa shape index (κ3) is 6.88. The molecule has 0 aromatic heterocycles. The highest BCUT2D eigenvalue weighted by molar-refractivity contribution is 5.52. The summed E-state index contributed by atoms with van der Waals surface area (Å²) >= 11 is 0.